The molecule has 0 aliphatic heterocycles. The number of hydrogen-bond donors (Lipinski definition) is 2. The van der Waals surface area contributed by atoms with Crippen molar-refractivity contribution >= 4 is 15.9 Å². The van der Waals surface area contributed by atoms with Crippen LogP contribution in [0, 0.1) is 5.82 Å². The highest BCUT2D eigenvalue weighted by Crippen LogP contribution is 2.33. The SMILES string of the molecule is C=C(C)CC(O)(CCNC(C)c1ccc(Br)cc1)c1ccccc1F. The van der Waals surface area contributed by atoms with Crippen molar-refractivity contribution in [2.75, 3.05) is 6.54 Å². The van der Waals surface area contributed by atoms with Gasteiger partial charge < -0.3 is 10.4 Å². The molecule has 0 fully saturated rings. The zero-order valence-corrected chi connectivity index (χ0v) is 16.3. The third-order valence-electron chi connectivity index (χ3n) is 4.33. The average Bonchev–Trinajstić information content (AvgIpc) is 2.55. The van der Waals surface area contributed by atoms with Crippen molar-refractivity contribution in [1.29, 1.82) is 0 Å². The Kier molecular flexibility index (Phi) is 6.94. The maximum atomic E-state index is 14.2. The van der Waals surface area contributed by atoms with E-state index < -0.39 is 5.60 Å². The Labute approximate surface area is 157 Å². The van der Waals surface area contributed by atoms with E-state index in [1.54, 1.807) is 18.2 Å². The van der Waals surface area contributed by atoms with E-state index >= 15 is 0 Å². The second-order valence-corrected chi connectivity index (χ2v) is 7.54. The number of rotatable bonds is 8. The molecule has 0 saturated heterocycles. The summed E-state index contributed by atoms with van der Waals surface area (Å²) in [6, 6.07) is 14.7. The van der Waals surface area contributed by atoms with Gasteiger partial charge >= 0.3 is 0 Å². The lowest BCUT2D eigenvalue weighted by Crippen LogP contribution is -2.33. The Hall–Kier alpha value is -1.49. The molecule has 0 aliphatic rings. The maximum absolute atomic E-state index is 14.2. The molecule has 134 valence electrons. The molecule has 2 nitrogen and oxygen atoms in total. The topological polar surface area (TPSA) is 32.3 Å². The molecule has 2 rings (SSSR count). The lowest BCUT2D eigenvalue weighted by molar-refractivity contribution is 0.0241. The Bertz CT molecular complexity index is 716. The predicted octanol–water partition coefficient (Wildman–Crippen LogP) is 5.48. The Morgan fingerprint density at radius 1 is 1.24 bits per heavy atom. The van der Waals surface area contributed by atoms with Gasteiger partial charge in [-0.3, -0.25) is 0 Å². The lowest BCUT2D eigenvalue weighted by atomic mass is 9.84. The first-order chi connectivity index (χ1) is 11.8. The number of nitrogens with one attached hydrogen (secondary N) is 1. The molecular formula is C21H25BrFNO. The molecule has 2 aromatic rings. The highest BCUT2D eigenvalue weighted by molar-refractivity contribution is 9.10. The van der Waals surface area contributed by atoms with Crippen molar-refractivity contribution in [3.05, 3.63) is 82.1 Å². The van der Waals surface area contributed by atoms with Gasteiger partial charge in [-0.1, -0.05) is 51.8 Å². The van der Waals surface area contributed by atoms with Gasteiger partial charge in [-0.25, -0.2) is 4.39 Å². The Balaban J connectivity index is 2.06. The van der Waals surface area contributed by atoms with Gasteiger partial charge in [0.25, 0.3) is 0 Å². The lowest BCUT2D eigenvalue weighted by Gasteiger charge is -2.30. The quantitative estimate of drug-likeness (QED) is 0.569. The standard InChI is InChI=1S/C21H25BrFNO/c1-15(2)14-21(25,19-6-4-5-7-20(19)23)12-13-24-16(3)17-8-10-18(22)11-9-17/h4-11,16,24-25H,1,12-14H2,2-3H3. The van der Waals surface area contributed by atoms with Crippen LogP contribution in [0.5, 0.6) is 0 Å². The number of benzene rings is 2. The van der Waals surface area contributed by atoms with Crippen molar-refractivity contribution in [3.63, 3.8) is 0 Å². The number of hydrogen-bond acceptors (Lipinski definition) is 2. The smallest absolute Gasteiger partial charge is 0.129 e. The van der Waals surface area contributed by atoms with Crippen molar-refractivity contribution in [2.24, 2.45) is 0 Å². The zero-order chi connectivity index (χ0) is 18.4. The third-order valence-corrected chi connectivity index (χ3v) is 4.86. The first-order valence-corrected chi connectivity index (χ1v) is 9.22. The largest absolute Gasteiger partial charge is 0.385 e. The first-order valence-electron chi connectivity index (χ1n) is 8.42. The summed E-state index contributed by atoms with van der Waals surface area (Å²) in [6.45, 7) is 8.38. The second kappa shape index (κ2) is 8.75. The summed E-state index contributed by atoms with van der Waals surface area (Å²) < 4.78 is 15.3. The van der Waals surface area contributed by atoms with Crippen LogP contribution in [0.2, 0.25) is 0 Å². The molecule has 2 N–H and O–H groups in total. The van der Waals surface area contributed by atoms with Gasteiger partial charge in [0.2, 0.25) is 0 Å². The van der Waals surface area contributed by atoms with Crippen molar-refractivity contribution < 1.29 is 9.50 Å². The summed E-state index contributed by atoms with van der Waals surface area (Å²) in [7, 11) is 0. The van der Waals surface area contributed by atoms with Crippen LogP contribution in [0.4, 0.5) is 4.39 Å². The molecule has 0 saturated carbocycles. The van der Waals surface area contributed by atoms with E-state index in [1.807, 2.05) is 19.1 Å². The van der Waals surface area contributed by atoms with Crippen molar-refractivity contribution in [1.82, 2.24) is 5.32 Å². The van der Waals surface area contributed by atoms with Gasteiger partial charge in [-0.15, -0.1) is 6.58 Å². The molecule has 0 spiro atoms. The van der Waals surface area contributed by atoms with Crippen LogP contribution in [0.15, 0.2) is 65.2 Å². The van der Waals surface area contributed by atoms with Gasteiger partial charge in [0.15, 0.2) is 0 Å². The molecule has 0 amide bonds. The molecule has 2 unspecified atom stereocenters. The number of aliphatic hydroxyl groups is 1. The van der Waals surface area contributed by atoms with Crippen molar-refractivity contribution in [3.8, 4) is 0 Å². The summed E-state index contributed by atoms with van der Waals surface area (Å²) in [5.41, 5.74) is 1.06. The van der Waals surface area contributed by atoms with E-state index in [9.17, 15) is 9.50 Å². The fourth-order valence-corrected chi connectivity index (χ4v) is 3.29. The average molecular weight is 406 g/mol. The predicted molar refractivity (Wildman–Crippen MR) is 105 cm³/mol. The number of halogens is 2. The van der Waals surface area contributed by atoms with E-state index in [0.717, 1.165) is 15.6 Å². The second-order valence-electron chi connectivity index (χ2n) is 6.62. The van der Waals surface area contributed by atoms with Crippen molar-refractivity contribution in [2.45, 2.75) is 38.3 Å². The molecule has 4 heteroatoms. The highest BCUT2D eigenvalue weighted by atomic mass is 79.9. The fourth-order valence-electron chi connectivity index (χ4n) is 3.02. The third kappa shape index (κ3) is 5.50. The van der Waals surface area contributed by atoms with Crippen LogP contribution < -0.4 is 5.32 Å². The highest BCUT2D eigenvalue weighted by Gasteiger charge is 2.31. The van der Waals surface area contributed by atoms with E-state index in [-0.39, 0.29) is 11.9 Å². The first kappa shape index (κ1) is 19.8. The van der Waals surface area contributed by atoms with Gasteiger partial charge in [0.05, 0.1) is 5.60 Å². The summed E-state index contributed by atoms with van der Waals surface area (Å²) >= 11 is 3.43. The van der Waals surface area contributed by atoms with E-state index in [2.05, 4.69) is 46.9 Å². The van der Waals surface area contributed by atoms with Gasteiger partial charge in [-0.05, 0) is 50.6 Å². The molecule has 25 heavy (non-hydrogen) atoms. The zero-order valence-electron chi connectivity index (χ0n) is 14.7. The molecule has 2 atom stereocenters. The Morgan fingerprint density at radius 2 is 1.88 bits per heavy atom. The van der Waals surface area contributed by atoms with Gasteiger partial charge in [0, 0.05) is 22.5 Å². The molecule has 0 radical (unpaired) electrons. The van der Waals surface area contributed by atoms with Gasteiger partial charge in [-0.2, -0.15) is 0 Å². The summed E-state index contributed by atoms with van der Waals surface area (Å²) in [6.07, 6.45) is 0.740. The van der Waals surface area contributed by atoms with Crippen LogP contribution >= 0.6 is 15.9 Å². The van der Waals surface area contributed by atoms with Crippen LogP contribution in [0.1, 0.15) is 43.9 Å². The molecule has 0 heterocycles. The molecule has 0 aliphatic carbocycles. The van der Waals surface area contributed by atoms with Crippen LogP contribution in [-0.2, 0) is 5.60 Å². The minimum atomic E-state index is -1.26. The van der Waals surface area contributed by atoms with Gasteiger partial charge in [0.1, 0.15) is 5.82 Å². The molecule has 2 aromatic carbocycles. The maximum Gasteiger partial charge on any atom is 0.129 e. The molecule has 0 aromatic heterocycles. The normalized spacial score (nSPS) is 14.8. The summed E-state index contributed by atoms with van der Waals surface area (Å²) in [5, 5.41) is 14.5. The van der Waals surface area contributed by atoms with E-state index in [1.165, 1.54) is 6.07 Å². The van der Waals surface area contributed by atoms with Crippen LogP contribution in [0.25, 0.3) is 0 Å². The fraction of sp³-hybridized carbons (Fsp3) is 0.333. The van der Waals surface area contributed by atoms with E-state index in [4.69, 9.17) is 0 Å². The summed E-state index contributed by atoms with van der Waals surface area (Å²) in [5.74, 6) is -0.382. The Morgan fingerprint density at radius 3 is 2.48 bits per heavy atom. The van der Waals surface area contributed by atoms with Crippen LogP contribution in [0.3, 0.4) is 0 Å². The molecule has 0 bridgehead atoms. The summed E-state index contributed by atoms with van der Waals surface area (Å²) in [4.78, 5) is 0. The van der Waals surface area contributed by atoms with Crippen LogP contribution in [-0.4, -0.2) is 11.7 Å². The minimum absolute atomic E-state index is 0.141. The molecular weight excluding hydrogens is 381 g/mol. The monoisotopic (exact) mass is 405 g/mol. The minimum Gasteiger partial charge on any atom is -0.385 e. The van der Waals surface area contributed by atoms with E-state index in [0.29, 0.717) is 24.9 Å².